The Balaban J connectivity index is 1.72. The van der Waals surface area contributed by atoms with Crippen molar-refractivity contribution in [3.63, 3.8) is 0 Å². The van der Waals surface area contributed by atoms with Crippen LogP contribution in [0.1, 0.15) is 48.4 Å². The molecule has 1 fully saturated rings. The highest BCUT2D eigenvalue weighted by Gasteiger charge is 2.38. The van der Waals surface area contributed by atoms with Gasteiger partial charge in [-0.25, -0.2) is 14.4 Å². The van der Waals surface area contributed by atoms with Crippen LogP contribution in [-0.2, 0) is 6.54 Å². The minimum absolute atomic E-state index is 0.00121. The summed E-state index contributed by atoms with van der Waals surface area (Å²) in [5.41, 5.74) is 1.59. The third-order valence-electron chi connectivity index (χ3n) is 5.23. The molecule has 0 atom stereocenters. The van der Waals surface area contributed by atoms with Gasteiger partial charge in [0.2, 0.25) is 5.71 Å². The van der Waals surface area contributed by atoms with Gasteiger partial charge < -0.3 is 14.6 Å². The minimum atomic E-state index is -0.316. The Morgan fingerprint density at radius 2 is 2.14 bits per heavy atom. The molecule has 7 heteroatoms. The van der Waals surface area contributed by atoms with E-state index in [-0.39, 0.29) is 17.3 Å². The second-order valence-electron chi connectivity index (χ2n) is 7.57. The molecule has 0 saturated heterocycles. The molecular weight excluding hydrogens is 359 g/mol. The van der Waals surface area contributed by atoms with Gasteiger partial charge in [0.25, 0.3) is 5.91 Å². The van der Waals surface area contributed by atoms with Crippen molar-refractivity contribution in [3.05, 3.63) is 53.3 Å². The van der Waals surface area contributed by atoms with Gasteiger partial charge in [-0.2, -0.15) is 0 Å². The van der Waals surface area contributed by atoms with E-state index < -0.39 is 0 Å². The predicted molar refractivity (Wildman–Crippen MR) is 105 cm³/mol. The van der Waals surface area contributed by atoms with Gasteiger partial charge in [0.05, 0.1) is 10.9 Å². The first-order valence-electron chi connectivity index (χ1n) is 9.46. The van der Waals surface area contributed by atoms with Crippen molar-refractivity contribution in [1.82, 2.24) is 14.9 Å². The SMILES string of the molecule is CCN(Cc1cccc(F)c1)C(=O)c1c(C)oc2ncnc(NC3(C)CC3)c12. The van der Waals surface area contributed by atoms with Gasteiger partial charge in [0.15, 0.2) is 0 Å². The number of anilines is 1. The highest BCUT2D eigenvalue weighted by molar-refractivity contribution is 6.10. The van der Waals surface area contributed by atoms with Crippen LogP contribution in [0.3, 0.4) is 0 Å². The predicted octanol–water partition coefficient (Wildman–Crippen LogP) is 4.30. The van der Waals surface area contributed by atoms with Gasteiger partial charge in [-0.05, 0) is 51.3 Å². The van der Waals surface area contributed by atoms with Crippen molar-refractivity contribution in [2.24, 2.45) is 0 Å². The zero-order chi connectivity index (χ0) is 19.9. The molecule has 1 aromatic carbocycles. The summed E-state index contributed by atoms with van der Waals surface area (Å²) < 4.78 is 19.3. The largest absolute Gasteiger partial charge is 0.442 e. The number of carbonyl (C=O) groups excluding carboxylic acids is 1. The number of halogens is 1. The summed E-state index contributed by atoms with van der Waals surface area (Å²) in [6.45, 7) is 6.57. The summed E-state index contributed by atoms with van der Waals surface area (Å²) >= 11 is 0. The van der Waals surface area contributed by atoms with Gasteiger partial charge in [-0.15, -0.1) is 0 Å². The Morgan fingerprint density at radius 3 is 2.82 bits per heavy atom. The Kier molecular flexibility index (Phi) is 4.53. The number of carbonyl (C=O) groups is 1. The van der Waals surface area contributed by atoms with Gasteiger partial charge >= 0.3 is 0 Å². The van der Waals surface area contributed by atoms with Crippen molar-refractivity contribution >= 4 is 22.8 Å². The summed E-state index contributed by atoms with van der Waals surface area (Å²) in [4.78, 5) is 23.6. The molecule has 0 bridgehead atoms. The van der Waals surface area contributed by atoms with Crippen LogP contribution in [0.2, 0.25) is 0 Å². The molecule has 3 aromatic rings. The summed E-state index contributed by atoms with van der Waals surface area (Å²) in [5.74, 6) is 0.625. The molecule has 1 saturated carbocycles. The van der Waals surface area contributed by atoms with E-state index in [0.29, 0.717) is 41.3 Å². The highest BCUT2D eigenvalue weighted by Crippen LogP contribution is 2.40. The zero-order valence-corrected chi connectivity index (χ0v) is 16.3. The van der Waals surface area contributed by atoms with Gasteiger partial charge in [-0.1, -0.05) is 12.1 Å². The maximum atomic E-state index is 13.5. The van der Waals surface area contributed by atoms with Crippen molar-refractivity contribution in [2.45, 2.75) is 45.7 Å². The van der Waals surface area contributed by atoms with E-state index in [0.717, 1.165) is 18.4 Å². The first kappa shape index (κ1) is 18.4. The molecule has 0 spiro atoms. The molecule has 28 heavy (non-hydrogen) atoms. The van der Waals surface area contributed by atoms with E-state index in [9.17, 15) is 9.18 Å². The summed E-state index contributed by atoms with van der Waals surface area (Å²) in [6.07, 6.45) is 3.55. The van der Waals surface area contributed by atoms with E-state index in [1.54, 1.807) is 17.9 Å². The number of hydrogen-bond acceptors (Lipinski definition) is 5. The van der Waals surface area contributed by atoms with Crippen LogP contribution >= 0.6 is 0 Å². The molecule has 0 aliphatic heterocycles. The smallest absolute Gasteiger partial charge is 0.258 e. The number of nitrogens with one attached hydrogen (secondary N) is 1. The van der Waals surface area contributed by atoms with E-state index in [1.807, 2.05) is 13.0 Å². The van der Waals surface area contributed by atoms with E-state index in [2.05, 4.69) is 22.2 Å². The number of benzene rings is 1. The second kappa shape index (κ2) is 6.89. The number of nitrogens with zero attached hydrogens (tertiary/aromatic N) is 3. The van der Waals surface area contributed by atoms with Crippen LogP contribution in [0.25, 0.3) is 11.1 Å². The third kappa shape index (κ3) is 3.44. The third-order valence-corrected chi connectivity index (χ3v) is 5.23. The van der Waals surface area contributed by atoms with Crippen LogP contribution in [0.4, 0.5) is 10.2 Å². The molecule has 1 aliphatic carbocycles. The average molecular weight is 382 g/mol. The van der Waals surface area contributed by atoms with Crippen LogP contribution in [-0.4, -0.2) is 32.9 Å². The van der Waals surface area contributed by atoms with Crippen LogP contribution in [0, 0.1) is 12.7 Å². The fourth-order valence-electron chi connectivity index (χ4n) is 3.34. The van der Waals surface area contributed by atoms with Gasteiger partial charge in [0.1, 0.15) is 23.7 Å². The number of fused-ring (bicyclic) bond motifs is 1. The molecule has 1 amide bonds. The standard InChI is InChI=1S/C21H23FN4O2/c1-4-26(11-14-6-5-7-15(22)10-14)20(27)16-13(2)28-19-17(16)18(23-12-24-19)25-21(3)8-9-21/h5-7,10,12H,4,8-9,11H2,1-3H3,(H,23,24,25). The molecule has 0 unspecified atom stereocenters. The Hall–Kier alpha value is -2.96. The maximum Gasteiger partial charge on any atom is 0.258 e. The molecule has 2 aromatic heterocycles. The Labute approximate surface area is 162 Å². The second-order valence-corrected chi connectivity index (χ2v) is 7.57. The quantitative estimate of drug-likeness (QED) is 0.688. The van der Waals surface area contributed by atoms with Crippen LogP contribution in [0.15, 0.2) is 35.0 Å². The molecule has 1 N–H and O–H groups in total. The normalized spacial score (nSPS) is 14.9. The lowest BCUT2D eigenvalue weighted by molar-refractivity contribution is 0.0752. The lowest BCUT2D eigenvalue weighted by Gasteiger charge is -2.21. The lowest BCUT2D eigenvalue weighted by atomic mass is 10.1. The molecular formula is C21H23FN4O2. The van der Waals surface area contributed by atoms with E-state index >= 15 is 0 Å². The number of furan rings is 1. The summed E-state index contributed by atoms with van der Waals surface area (Å²) in [5, 5.41) is 4.03. The Morgan fingerprint density at radius 1 is 1.36 bits per heavy atom. The first-order valence-corrected chi connectivity index (χ1v) is 9.46. The van der Waals surface area contributed by atoms with Crippen molar-refractivity contribution in [1.29, 1.82) is 0 Å². The topological polar surface area (TPSA) is 71.3 Å². The highest BCUT2D eigenvalue weighted by atomic mass is 19.1. The molecule has 4 rings (SSSR count). The molecule has 1 aliphatic rings. The van der Waals surface area contributed by atoms with E-state index in [1.165, 1.54) is 18.5 Å². The molecule has 6 nitrogen and oxygen atoms in total. The summed E-state index contributed by atoms with van der Waals surface area (Å²) in [7, 11) is 0. The fourth-order valence-corrected chi connectivity index (χ4v) is 3.34. The minimum Gasteiger partial charge on any atom is -0.442 e. The molecule has 146 valence electrons. The number of rotatable bonds is 6. The zero-order valence-electron chi connectivity index (χ0n) is 16.3. The van der Waals surface area contributed by atoms with Gasteiger partial charge in [-0.3, -0.25) is 4.79 Å². The van der Waals surface area contributed by atoms with Crippen molar-refractivity contribution < 1.29 is 13.6 Å². The van der Waals surface area contributed by atoms with Crippen molar-refractivity contribution in [2.75, 3.05) is 11.9 Å². The van der Waals surface area contributed by atoms with Crippen LogP contribution < -0.4 is 5.32 Å². The fraction of sp³-hybridized carbons (Fsp3) is 0.381. The summed E-state index contributed by atoms with van der Waals surface area (Å²) in [6, 6.07) is 6.29. The maximum absolute atomic E-state index is 13.5. The molecule has 2 heterocycles. The van der Waals surface area contributed by atoms with Gasteiger partial charge in [0, 0.05) is 18.6 Å². The Bertz CT molecular complexity index is 1040. The molecule has 0 radical (unpaired) electrons. The van der Waals surface area contributed by atoms with Crippen LogP contribution in [0.5, 0.6) is 0 Å². The number of aromatic nitrogens is 2. The number of hydrogen-bond donors (Lipinski definition) is 1. The average Bonchev–Trinajstić information content (AvgIpc) is 3.27. The van der Waals surface area contributed by atoms with E-state index in [4.69, 9.17) is 4.42 Å². The number of amides is 1. The lowest BCUT2D eigenvalue weighted by Crippen LogP contribution is -2.31. The monoisotopic (exact) mass is 382 g/mol. The number of aryl methyl sites for hydroxylation is 1. The first-order chi connectivity index (χ1) is 13.4. The van der Waals surface area contributed by atoms with Crippen molar-refractivity contribution in [3.8, 4) is 0 Å².